The third-order valence-electron chi connectivity index (χ3n) is 2.34. The Labute approximate surface area is 104 Å². The number of benzene rings is 1. The highest BCUT2D eigenvalue weighted by Crippen LogP contribution is 2.28. The van der Waals surface area contributed by atoms with Gasteiger partial charge in [-0.25, -0.2) is 4.98 Å². The Hall–Kier alpha value is -1.25. The highest BCUT2D eigenvalue weighted by Gasteiger charge is 2.05. The molecule has 1 heterocycles. The normalized spacial score (nSPS) is 10.4. The van der Waals surface area contributed by atoms with Gasteiger partial charge in [0.15, 0.2) is 0 Å². The van der Waals surface area contributed by atoms with Gasteiger partial charge in [-0.2, -0.15) is 0 Å². The van der Waals surface area contributed by atoms with E-state index in [-0.39, 0.29) is 0 Å². The predicted octanol–water partition coefficient (Wildman–Crippen LogP) is 3.95. The molecule has 1 aromatic heterocycles. The molecule has 0 spiro atoms. The standard InChI is InChI=1S/C12H10Cl2N2/c1-7-2-3-9(15)6-10(7)8-4-11(13)16-12(14)5-8/h2-6H,15H2,1H3. The van der Waals surface area contributed by atoms with Crippen molar-refractivity contribution >= 4 is 28.9 Å². The number of halogens is 2. The average Bonchev–Trinajstić information content (AvgIpc) is 2.20. The van der Waals surface area contributed by atoms with E-state index in [4.69, 9.17) is 28.9 Å². The van der Waals surface area contributed by atoms with Gasteiger partial charge in [0.2, 0.25) is 0 Å². The number of aryl methyl sites for hydroxylation is 1. The van der Waals surface area contributed by atoms with Crippen molar-refractivity contribution in [3.05, 3.63) is 46.2 Å². The highest BCUT2D eigenvalue weighted by atomic mass is 35.5. The van der Waals surface area contributed by atoms with Crippen LogP contribution in [-0.2, 0) is 0 Å². The summed E-state index contributed by atoms with van der Waals surface area (Å²) in [5.74, 6) is 0. The van der Waals surface area contributed by atoms with Crippen molar-refractivity contribution in [3.8, 4) is 11.1 Å². The van der Waals surface area contributed by atoms with Gasteiger partial charge < -0.3 is 5.73 Å². The third kappa shape index (κ3) is 2.29. The summed E-state index contributed by atoms with van der Waals surface area (Å²) in [6, 6.07) is 9.28. The van der Waals surface area contributed by atoms with Gasteiger partial charge in [0.25, 0.3) is 0 Å². The van der Waals surface area contributed by atoms with Crippen LogP contribution in [0.1, 0.15) is 5.56 Å². The summed E-state index contributed by atoms with van der Waals surface area (Å²) in [7, 11) is 0. The molecule has 0 aliphatic heterocycles. The quantitative estimate of drug-likeness (QED) is 0.617. The molecule has 16 heavy (non-hydrogen) atoms. The molecule has 0 radical (unpaired) electrons. The Bertz CT molecular complexity index is 518. The minimum atomic E-state index is 0.379. The lowest BCUT2D eigenvalue weighted by Crippen LogP contribution is -1.90. The fourth-order valence-corrected chi connectivity index (χ4v) is 2.03. The molecule has 2 aromatic rings. The SMILES string of the molecule is Cc1ccc(N)cc1-c1cc(Cl)nc(Cl)c1. The Morgan fingerprint density at radius 1 is 1.06 bits per heavy atom. The predicted molar refractivity (Wildman–Crippen MR) is 68.8 cm³/mol. The minimum absolute atomic E-state index is 0.379. The Morgan fingerprint density at radius 3 is 2.31 bits per heavy atom. The first-order chi connectivity index (χ1) is 7.56. The van der Waals surface area contributed by atoms with E-state index in [2.05, 4.69) is 4.98 Å². The van der Waals surface area contributed by atoms with Crippen LogP contribution in [0.3, 0.4) is 0 Å². The molecule has 82 valence electrons. The maximum Gasteiger partial charge on any atom is 0.131 e. The van der Waals surface area contributed by atoms with E-state index >= 15 is 0 Å². The van der Waals surface area contributed by atoms with Crippen molar-refractivity contribution in [1.82, 2.24) is 4.98 Å². The van der Waals surface area contributed by atoms with Crippen molar-refractivity contribution in [2.24, 2.45) is 0 Å². The molecule has 0 atom stereocenters. The Morgan fingerprint density at radius 2 is 1.69 bits per heavy atom. The maximum atomic E-state index is 5.87. The van der Waals surface area contributed by atoms with Crippen LogP contribution in [0, 0.1) is 6.92 Å². The lowest BCUT2D eigenvalue weighted by atomic mass is 10.0. The molecule has 2 nitrogen and oxygen atoms in total. The molecule has 2 N–H and O–H groups in total. The molecule has 0 saturated carbocycles. The number of hydrogen-bond donors (Lipinski definition) is 1. The first kappa shape index (κ1) is 11.2. The van der Waals surface area contributed by atoms with Crippen LogP contribution in [0.2, 0.25) is 10.3 Å². The summed E-state index contributed by atoms with van der Waals surface area (Å²) in [4.78, 5) is 3.91. The van der Waals surface area contributed by atoms with Gasteiger partial charge in [-0.3, -0.25) is 0 Å². The lowest BCUT2D eigenvalue weighted by Gasteiger charge is -2.07. The molecule has 0 amide bonds. The fraction of sp³-hybridized carbons (Fsp3) is 0.0833. The fourth-order valence-electron chi connectivity index (χ4n) is 1.57. The molecular formula is C12H10Cl2N2. The monoisotopic (exact) mass is 252 g/mol. The van der Waals surface area contributed by atoms with Gasteiger partial charge in [-0.1, -0.05) is 29.3 Å². The minimum Gasteiger partial charge on any atom is -0.399 e. The molecule has 2 rings (SSSR count). The van der Waals surface area contributed by atoms with Crippen molar-refractivity contribution in [1.29, 1.82) is 0 Å². The van der Waals surface area contributed by atoms with Crippen LogP contribution in [0.4, 0.5) is 5.69 Å². The first-order valence-electron chi connectivity index (χ1n) is 4.76. The zero-order chi connectivity index (χ0) is 11.7. The van der Waals surface area contributed by atoms with Gasteiger partial charge >= 0.3 is 0 Å². The molecule has 0 fully saturated rings. The van der Waals surface area contributed by atoms with Gasteiger partial charge in [0.1, 0.15) is 10.3 Å². The van der Waals surface area contributed by atoms with Crippen LogP contribution in [0.15, 0.2) is 30.3 Å². The van der Waals surface area contributed by atoms with Gasteiger partial charge in [-0.15, -0.1) is 0 Å². The highest BCUT2D eigenvalue weighted by molar-refractivity contribution is 6.32. The first-order valence-corrected chi connectivity index (χ1v) is 5.51. The van der Waals surface area contributed by atoms with Crippen LogP contribution >= 0.6 is 23.2 Å². The van der Waals surface area contributed by atoms with Crippen molar-refractivity contribution < 1.29 is 0 Å². The van der Waals surface area contributed by atoms with Crippen LogP contribution in [0.25, 0.3) is 11.1 Å². The number of nitrogen functional groups attached to an aromatic ring is 1. The Balaban J connectivity index is 2.62. The number of anilines is 1. The van der Waals surface area contributed by atoms with Gasteiger partial charge in [0.05, 0.1) is 0 Å². The molecule has 0 aliphatic carbocycles. The van der Waals surface area contributed by atoms with Crippen molar-refractivity contribution in [2.45, 2.75) is 6.92 Å². The second-order valence-corrected chi connectivity index (χ2v) is 4.35. The summed E-state index contributed by atoms with van der Waals surface area (Å²) in [5, 5.41) is 0.758. The van der Waals surface area contributed by atoms with E-state index in [1.807, 2.05) is 25.1 Å². The summed E-state index contributed by atoms with van der Waals surface area (Å²) in [5.41, 5.74) is 9.54. The van der Waals surface area contributed by atoms with Crippen molar-refractivity contribution in [3.63, 3.8) is 0 Å². The Kier molecular flexibility index (Phi) is 3.03. The number of hydrogen-bond acceptors (Lipinski definition) is 2. The van der Waals surface area contributed by atoms with E-state index in [0.717, 1.165) is 16.7 Å². The second kappa shape index (κ2) is 4.32. The van der Waals surface area contributed by atoms with Gasteiger partial charge in [0, 0.05) is 5.69 Å². The second-order valence-electron chi connectivity index (χ2n) is 3.58. The third-order valence-corrected chi connectivity index (χ3v) is 2.72. The van der Waals surface area contributed by atoms with E-state index in [1.54, 1.807) is 12.1 Å². The zero-order valence-electron chi connectivity index (χ0n) is 8.67. The summed E-state index contributed by atoms with van der Waals surface area (Å²) in [6.07, 6.45) is 0. The molecule has 0 aliphatic rings. The number of nitrogens with two attached hydrogens (primary N) is 1. The lowest BCUT2D eigenvalue weighted by molar-refractivity contribution is 1.32. The van der Waals surface area contributed by atoms with Gasteiger partial charge in [-0.05, 0) is 47.9 Å². The number of aromatic nitrogens is 1. The topological polar surface area (TPSA) is 38.9 Å². The zero-order valence-corrected chi connectivity index (χ0v) is 10.2. The summed E-state index contributed by atoms with van der Waals surface area (Å²) in [6.45, 7) is 2.01. The molecule has 1 aromatic carbocycles. The van der Waals surface area contributed by atoms with E-state index in [9.17, 15) is 0 Å². The number of nitrogens with zero attached hydrogens (tertiary/aromatic N) is 1. The summed E-state index contributed by atoms with van der Waals surface area (Å²) < 4.78 is 0. The van der Waals surface area contributed by atoms with Crippen molar-refractivity contribution in [2.75, 3.05) is 5.73 Å². The summed E-state index contributed by atoms with van der Waals surface area (Å²) >= 11 is 11.7. The smallest absolute Gasteiger partial charge is 0.131 e. The number of rotatable bonds is 1. The van der Waals surface area contributed by atoms with Crippen LogP contribution in [-0.4, -0.2) is 4.98 Å². The molecule has 0 unspecified atom stereocenters. The van der Waals surface area contributed by atoms with E-state index < -0.39 is 0 Å². The van der Waals surface area contributed by atoms with Crippen LogP contribution < -0.4 is 5.73 Å². The van der Waals surface area contributed by atoms with Crippen LogP contribution in [0.5, 0.6) is 0 Å². The molecular weight excluding hydrogens is 243 g/mol. The average molecular weight is 253 g/mol. The largest absolute Gasteiger partial charge is 0.399 e. The molecule has 0 saturated heterocycles. The van der Waals surface area contributed by atoms with E-state index in [0.29, 0.717) is 16.0 Å². The molecule has 0 bridgehead atoms. The maximum absolute atomic E-state index is 5.87. The molecule has 4 heteroatoms. The van der Waals surface area contributed by atoms with E-state index in [1.165, 1.54) is 0 Å². The number of pyridine rings is 1.